The third-order valence-corrected chi connectivity index (χ3v) is 4.87. The lowest BCUT2D eigenvalue weighted by atomic mass is 10.3. The van der Waals surface area contributed by atoms with Crippen molar-refractivity contribution in [2.75, 3.05) is 17.8 Å². The van der Waals surface area contributed by atoms with Gasteiger partial charge in [-0.05, 0) is 47.2 Å². The minimum absolute atomic E-state index is 0.0328. The largest absolute Gasteiger partial charge is 0.382 e. The highest BCUT2D eigenvalue weighted by Crippen LogP contribution is 2.17. The summed E-state index contributed by atoms with van der Waals surface area (Å²) in [6.45, 7) is 0. The van der Waals surface area contributed by atoms with Crippen molar-refractivity contribution in [1.29, 1.82) is 0 Å². The molecule has 0 aliphatic carbocycles. The molecule has 102 valence electrons. The van der Waals surface area contributed by atoms with Gasteiger partial charge in [-0.15, -0.1) is 0 Å². The fourth-order valence-electron chi connectivity index (χ4n) is 1.21. The minimum Gasteiger partial charge on any atom is -0.382 e. The summed E-state index contributed by atoms with van der Waals surface area (Å²) in [5.74, 6) is -0.241. The molecule has 0 unspecified atom stereocenters. The molecule has 0 bridgehead atoms. The average Bonchev–Trinajstić information content (AvgIpc) is 2.13. The van der Waals surface area contributed by atoms with Gasteiger partial charge in [0.2, 0.25) is 0 Å². The van der Waals surface area contributed by atoms with Crippen LogP contribution in [0.1, 0.15) is 6.42 Å². The molecular formula is C10H13IO5S2. The van der Waals surface area contributed by atoms with Gasteiger partial charge < -0.3 is 4.18 Å². The van der Waals surface area contributed by atoms with Crippen LogP contribution in [0.15, 0.2) is 24.3 Å². The lowest BCUT2D eigenvalue weighted by Crippen LogP contribution is -2.16. The lowest BCUT2D eigenvalue weighted by Gasteiger charge is -2.06. The second-order valence-corrected chi connectivity index (χ2v) is 8.98. The number of benzene rings is 1. The zero-order chi connectivity index (χ0) is 13.8. The molecule has 0 saturated heterocycles. The number of sulfone groups is 1. The van der Waals surface area contributed by atoms with E-state index in [9.17, 15) is 16.8 Å². The summed E-state index contributed by atoms with van der Waals surface area (Å²) >= 11 is 2.04. The van der Waals surface area contributed by atoms with E-state index < -0.39 is 20.0 Å². The Bertz CT molecular complexity index is 607. The first kappa shape index (κ1) is 15.7. The van der Waals surface area contributed by atoms with Gasteiger partial charge in [-0.3, -0.25) is 0 Å². The van der Waals surface area contributed by atoms with E-state index in [0.717, 1.165) is 9.83 Å². The first-order valence-corrected chi connectivity index (χ1v) is 9.75. The molecule has 1 rings (SSSR count). The van der Waals surface area contributed by atoms with E-state index in [1.54, 1.807) is 12.1 Å². The molecule has 0 fully saturated rings. The number of hydrogen-bond acceptors (Lipinski definition) is 5. The van der Waals surface area contributed by atoms with Crippen molar-refractivity contribution in [2.45, 2.75) is 6.42 Å². The van der Waals surface area contributed by atoms with Crippen LogP contribution < -0.4 is 4.18 Å². The van der Waals surface area contributed by atoms with Crippen LogP contribution in [0.3, 0.4) is 0 Å². The van der Waals surface area contributed by atoms with Crippen molar-refractivity contribution in [2.24, 2.45) is 0 Å². The highest BCUT2D eigenvalue weighted by molar-refractivity contribution is 14.1. The van der Waals surface area contributed by atoms with E-state index in [-0.39, 0.29) is 23.7 Å². The van der Waals surface area contributed by atoms with E-state index in [0.29, 0.717) is 0 Å². The topological polar surface area (TPSA) is 77.5 Å². The standard InChI is InChI=1S/C10H13IO5S2/c1-17(12,13)6-3-7-18(14,15)16-10-5-2-4-9(11)8-10/h2,4-5,8H,3,6-7H2,1H3. The molecule has 0 N–H and O–H groups in total. The molecule has 8 heteroatoms. The fourth-order valence-corrected chi connectivity index (χ4v) is 3.55. The highest BCUT2D eigenvalue weighted by Gasteiger charge is 2.14. The van der Waals surface area contributed by atoms with Crippen LogP contribution in [-0.2, 0) is 20.0 Å². The van der Waals surface area contributed by atoms with Crippen LogP contribution in [0.25, 0.3) is 0 Å². The van der Waals surface area contributed by atoms with Crippen molar-refractivity contribution in [3.05, 3.63) is 27.8 Å². The summed E-state index contributed by atoms with van der Waals surface area (Å²) < 4.78 is 50.6. The van der Waals surface area contributed by atoms with Gasteiger partial charge >= 0.3 is 10.1 Å². The van der Waals surface area contributed by atoms with Gasteiger partial charge in [0.05, 0.1) is 11.5 Å². The third-order valence-electron chi connectivity index (χ3n) is 1.93. The Morgan fingerprint density at radius 1 is 1.17 bits per heavy atom. The van der Waals surface area contributed by atoms with Crippen LogP contribution in [0.2, 0.25) is 0 Å². The molecule has 0 atom stereocenters. The second-order valence-electron chi connectivity index (χ2n) is 3.79. The molecule has 0 aliphatic heterocycles. The fraction of sp³-hybridized carbons (Fsp3) is 0.400. The molecular weight excluding hydrogens is 391 g/mol. The van der Waals surface area contributed by atoms with Crippen LogP contribution in [-0.4, -0.2) is 34.6 Å². The van der Waals surface area contributed by atoms with Crippen molar-refractivity contribution < 1.29 is 21.0 Å². The minimum atomic E-state index is -3.74. The SMILES string of the molecule is CS(=O)(=O)CCCS(=O)(=O)Oc1cccc(I)c1. The predicted molar refractivity (Wildman–Crippen MR) is 77.9 cm³/mol. The predicted octanol–water partition coefficient (Wildman–Crippen LogP) is 1.43. The first-order valence-electron chi connectivity index (χ1n) is 5.03. The molecule has 0 radical (unpaired) electrons. The Hall–Kier alpha value is -0.350. The van der Waals surface area contributed by atoms with E-state index in [1.165, 1.54) is 6.07 Å². The molecule has 0 aromatic heterocycles. The Morgan fingerprint density at radius 2 is 1.83 bits per heavy atom. The van der Waals surface area contributed by atoms with Crippen LogP contribution >= 0.6 is 22.6 Å². The smallest absolute Gasteiger partial charge is 0.309 e. The van der Waals surface area contributed by atoms with Gasteiger partial charge in [-0.1, -0.05) is 6.07 Å². The Kier molecular flexibility index (Phi) is 5.41. The van der Waals surface area contributed by atoms with E-state index in [4.69, 9.17) is 4.18 Å². The molecule has 0 saturated carbocycles. The van der Waals surface area contributed by atoms with Gasteiger partial charge in [-0.2, -0.15) is 8.42 Å². The van der Waals surface area contributed by atoms with Gasteiger partial charge in [0.25, 0.3) is 0 Å². The maximum atomic E-state index is 11.6. The van der Waals surface area contributed by atoms with E-state index >= 15 is 0 Å². The Morgan fingerprint density at radius 3 is 2.39 bits per heavy atom. The van der Waals surface area contributed by atoms with Crippen LogP contribution in [0.5, 0.6) is 5.75 Å². The van der Waals surface area contributed by atoms with Crippen LogP contribution in [0, 0.1) is 3.57 Å². The molecule has 5 nitrogen and oxygen atoms in total. The van der Waals surface area contributed by atoms with E-state index in [1.807, 2.05) is 28.7 Å². The maximum absolute atomic E-state index is 11.6. The van der Waals surface area contributed by atoms with E-state index in [2.05, 4.69) is 0 Å². The quantitative estimate of drug-likeness (QED) is 0.530. The molecule has 0 aliphatic rings. The summed E-state index contributed by atoms with van der Waals surface area (Å²) in [6, 6.07) is 6.62. The normalized spacial score (nSPS) is 12.3. The molecule has 0 heterocycles. The van der Waals surface area contributed by atoms with Crippen molar-refractivity contribution in [3.63, 3.8) is 0 Å². The number of rotatable bonds is 6. The number of hydrogen-bond donors (Lipinski definition) is 0. The first-order chi connectivity index (χ1) is 8.18. The zero-order valence-electron chi connectivity index (χ0n) is 9.67. The summed E-state index contributed by atoms with van der Waals surface area (Å²) in [7, 11) is -6.89. The second kappa shape index (κ2) is 6.20. The average molecular weight is 404 g/mol. The summed E-state index contributed by atoms with van der Waals surface area (Å²) in [5, 5.41) is 0. The van der Waals surface area contributed by atoms with Crippen LogP contribution in [0.4, 0.5) is 0 Å². The zero-order valence-corrected chi connectivity index (χ0v) is 13.5. The molecule has 1 aromatic carbocycles. The van der Waals surface area contributed by atoms with Gasteiger partial charge in [0.1, 0.15) is 15.6 Å². The molecule has 1 aromatic rings. The lowest BCUT2D eigenvalue weighted by molar-refractivity contribution is 0.485. The highest BCUT2D eigenvalue weighted by atomic mass is 127. The van der Waals surface area contributed by atoms with Gasteiger partial charge in [0.15, 0.2) is 0 Å². The van der Waals surface area contributed by atoms with Crippen molar-refractivity contribution in [3.8, 4) is 5.75 Å². The monoisotopic (exact) mass is 404 g/mol. The van der Waals surface area contributed by atoms with Gasteiger partial charge in [-0.25, -0.2) is 8.42 Å². The summed E-state index contributed by atoms with van der Waals surface area (Å²) in [6.07, 6.45) is 1.10. The van der Waals surface area contributed by atoms with Crippen molar-refractivity contribution >= 4 is 42.5 Å². The Balaban J connectivity index is 2.60. The number of halogens is 1. The Labute approximate surface area is 121 Å². The molecule has 0 amide bonds. The summed E-state index contributed by atoms with van der Waals surface area (Å²) in [5.41, 5.74) is 0. The summed E-state index contributed by atoms with van der Waals surface area (Å²) in [4.78, 5) is 0. The molecule has 0 spiro atoms. The van der Waals surface area contributed by atoms with Gasteiger partial charge in [0, 0.05) is 9.83 Å². The maximum Gasteiger partial charge on any atom is 0.309 e. The van der Waals surface area contributed by atoms with Crippen molar-refractivity contribution in [1.82, 2.24) is 0 Å². The third kappa shape index (κ3) is 6.55. The molecule has 18 heavy (non-hydrogen) atoms.